The monoisotopic (exact) mass is 260 g/mol. The number of rotatable bonds is 2. The van der Waals surface area contributed by atoms with Gasteiger partial charge in [-0.3, -0.25) is 4.99 Å². The lowest BCUT2D eigenvalue weighted by Gasteiger charge is -2.34. The fraction of sp³-hybridized carbons (Fsp3) is 0.400. The van der Waals surface area contributed by atoms with Crippen LogP contribution in [0.5, 0.6) is 0 Å². The predicted molar refractivity (Wildman–Crippen MR) is 76.4 cm³/mol. The zero-order chi connectivity index (χ0) is 12.4. The molecule has 1 aromatic rings. The first-order valence-corrected chi connectivity index (χ1v) is 6.90. The minimum Gasteiger partial charge on any atom is -0.373 e. The molecule has 1 aromatic carbocycles. The molecule has 3 rings (SSSR count). The molecule has 0 amide bonds. The van der Waals surface area contributed by atoms with Gasteiger partial charge >= 0.3 is 0 Å². The van der Waals surface area contributed by atoms with Gasteiger partial charge < -0.3 is 4.90 Å². The molecule has 0 atom stereocenters. The summed E-state index contributed by atoms with van der Waals surface area (Å²) in [6.07, 6.45) is 6.50. The normalized spacial score (nSPS) is 20.3. The van der Waals surface area contributed by atoms with Crippen molar-refractivity contribution in [2.24, 2.45) is 4.99 Å². The van der Waals surface area contributed by atoms with E-state index in [9.17, 15) is 0 Å². The molecule has 0 bridgehead atoms. The molecule has 0 unspecified atom stereocenters. The number of hydrogen-bond acceptors (Lipinski definition) is 2. The summed E-state index contributed by atoms with van der Waals surface area (Å²) in [7, 11) is 0. The van der Waals surface area contributed by atoms with Gasteiger partial charge in [-0.05, 0) is 42.5 Å². The second-order valence-corrected chi connectivity index (χ2v) is 5.40. The van der Waals surface area contributed by atoms with Crippen LogP contribution in [-0.2, 0) is 0 Å². The molecular formula is C15H17ClN2. The molecular weight excluding hydrogens is 244 g/mol. The van der Waals surface area contributed by atoms with Crippen molar-refractivity contribution in [3.8, 4) is 0 Å². The van der Waals surface area contributed by atoms with E-state index in [1.807, 2.05) is 18.3 Å². The summed E-state index contributed by atoms with van der Waals surface area (Å²) in [5.41, 5.74) is 2.81. The van der Waals surface area contributed by atoms with Crippen LogP contribution in [0.25, 0.3) is 0 Å². The molecule has 0 saturated carbocycles. The maximum Gasteiger partial charge on any atom is 0.0788 e. The SMILES string of the molecule is Clc1ccc(C2CCN(C3=CC=NC3)CC2)cc1. The molecule has 0 spiro atoms. The Morgan fingerprint density at radius 1 is 1.11 bits per heavy atom. The Hall–Kier alpha value is -1.28. The van der Waals surface area contributed by atoms with Gasteiger partial charge in [0.05, 0.1) is 6.54 Å². The number of benzene rings is 1. The number of allylic oxidation sites excluding steroid dienone is 1. The summed E-state index contributed by atoms with van der Waals surface area (Å²) in [5, 5.41) is 0.824. The van der Waals surface area contributed by atoms with Gasteiger partial charge in [-0.2, -0.15) is 0 Å². The summed E-state index contributed by atoms with van der Waals surface area (Å²) in [6.45, 7) is 3.15. The Morgan fingerprint density at radius 3 is 2.44 bits per heavy atom. The van der Waals surface area contributed by atoms with Crippen molar-refractivity contribution in [1.29, 1.82) is 0 Å². The Bertz CT molecular complexity index is 468. The standard InChI is InChI=1S/C15H17ClN2/c16-14-3-1-12(2-4-14)13-6-9-18(10-7-13)15-5-8-17-11-15/h1-5,8,13H,6-7,9-11H2. The van der Waals surface area contributed by atoms with E-state index in [0.717, 1.165) is 24.7 Å². The lowest BCUT2D eigenvalue weighted by molar-refractivity contribution is 0.262. The average molecular weight is 261 g/mol. The van der Waals surface area contributed by atoms with Gasteiger partial charge in [0, 0.05) is 30.0 Å². The summed E-state index contributed by atoms with van der Waals surface area (Å²) in [5.74, 6) is 0.682. The van der Waals surface area contributed by atoms with E-state index in [4.69, 9.17) is 11.6 Å². The number of nitrogens with zero attached hydrogens (tertiary/aromatic N) is 2. The van der Waals surface area contributed by atoms with Crippen molar-refractivity contribution >= 4 is 17.8 Å². The Kier molecular flexibility index (Phi) is 3.37. The van der Waals surface area contributed by atoms with Gasteiger partial charge in [0.2, 0.25) is 0 Å². The van der Waals surface area contributed by atoms with E-state index in [-0.39, 0.29) is 0 Å². The van der Waals surface area contributed by atoms with Gasteiger partial charge in [-0.25, -0.2) is 0 Å². The highest BCUT2D eigenvalue weighted by atomic mass is 35.5. The van der Waals surface area contributed by atoms with Gasteiger partial charge in [0.15, 0.2) is 0 Å². The summed E-state index contributed by atoms with van der Waals surface area (Å²) in [6, 6.07) is 8.33. The molecule has 0 aliphatic carbocycles. The van der Waals surface area contributed by atoms with Crippen molar-refractivity contribution in [1.82, 2.24) is 4.90 Å². The molecule has 2 nitrogen and oxygen atoms in total. The maximum atomic E-state index is 5.93. The number of likely N-dealkylation sites (tertiary alicyclic amines) is 1. The number of hydrogen-bond donors (Lipinski definition) is 0. The van der Waals surface area contributed by atoms with Gasteiger partial charge in [0.1, 0.15) is 0 Å². The molecule has 0 radical (unpaired) electrons. The van der Waals surface area contributed by atoms with E-state index in [1.165, 1.54) is 24.1 Å². The molecule has 2 aliphatic rings. The van der Waals surface area contributed by atoms with Crippen molar-refractivity contribution in [2.75, 3.05) is 19.6 Å². The van der Waals surface area contributed by atoms with Crippen LogP contribution in [0.3, 0.4) is 0 Å². The molecule has 2 aliphatic heterocycles. The molecule has 94 valence electrons. The van der Waals surface area contributed by atoms with Crippen molar-refractivity contribution in [2.45, 2.75) is 18.8 Å². The first kappa shape index (κ1) is 11.8. The minimum atomic E-state index is 0.682. The highest BCUT2D eigenvalue weighted by molar-refractivity contribution is 6.30. The Morgan fingerprint density at radius 2 is 1.83 bits per heavy atom. The number of piperidine rings is 1. The van der Waals surface area contributed by atoms with E-state index in [2.05, 4.69) is 28.1 Å². The van der Waals surface area contributed by atoms with Crippen molar-refractivity contribution in [3.63, 3.8) is 0 Å². The van der Waals surface area contributed by atoms with Gasteiger partial charge in [-0.1, -0.05) is 23.7 Å². The van der Waals surface area contributed by atoms with Crippen LogP contribution in [-0.4, -0.2) is 30.7 Å². The zero-order valence-corrected chi connectivity index (χ0v) is 11.1. The summed E-state index contributed by atoms with van der Waals surface area (Å²) >= 11 is 5.93. The van der Waals surface area contributed by atoms with Crippen LogP contribution in [0, 0.1) is 0 Å². The molecule has 0 aromatic heterocycles. The van der Waals surface area contributed by atoms with E-state index in [1.54, 1.807) is 0 Å². The first-order valence-electron chi connectivity index (χ1n) is 6.52. The topological polar surface area (TPSA) is 15.6 Å². The molecule has 18 heavy (non-hydrogen) atoms. The Balaban J connectivity index is 1.61. The lowest BCUT2D eigenvalue weighted by atomic mass is 9.89. The van der Waals surface area contributed by atoms with Crippen LogP contribution < -0.4 is 0 Å². The second kappa shape index (κ2) is 5.15. The first-order chi connectivity index (χ1) is 8.83. The largest absolute Gasteiger partial charge is 0.373 e. The lowest BCUT2D eigenvalue weighted by Crippen LogP contribution is -2.32. The van der Waals surface area contributed by atoms with Crippen LogP contribution in [0.4, 0.5) is 0 Å². The van der Waals surface area contributed by atoms with E-state index in [0.29, 0.717) is 5.92 Å². The van der Waals surface area contributed by atoms with Crippen LogP contribution in [0.15, 0.2) is 41.0 Å². The van der Waals surface area contributed by atoms with Crippen molar-refractivity contribution < 1.29 is 0 Å². The predicted octanol–water partition coefficient (Wildman–Crippen LogP) is 3.49. The minimum absolute atomic E-state index is 0.682. The Labute approximate surface area is 113 Å². The molecule has 1 saturated heterocycles. The average Bonchev–Trinajstić information content (AvgIpc) is 2.94. The fourth-order valence-corrected chi connectivity index (χ4v) is 2.90. The summed E-state index contributed by atoms with van der Waals surface area (Å²) in [4.78, 5) is 6.72. The van der Waals surface area contributed by atoms with Crippen LogP contribution in [0.2, 0.25) is 5.02 Å². The molecule has 1 fully saturated rings. The second-order valence-electron chi connectivity index (χ2n) is 4.96. The number of halogens is 1. The number of aliphatic imine (C=N–C) groups is 1. The zero-order valence-electron chi connectivity index (χ0n) is 10.3. The van der Waals surface area contributed by atoms with Gasteiger partial charge in [-0.15, -0.1) is 0 Å². The van der Waals surface area contributed by atoms with Gasteiger partial charge in [0.25, 0.3) is 0 Å². The third-order valence-corrected chi connectivity index (χ3v) is 4.12. The van der Waals surface area contributed by atoms with E-state index < -0.39 is 0 Å². The van der Waals surface area contributed by atoms with Crippen molar-refractivity contribution in [3.05, 3.63) is 46.6 Å². The van der Waals surface area contributed by atoms with E-state index >= 15 is 0 Å². The van der Waals surface area contributed by atoms with Crippen LogP contribution >= 0.6 is 11.6 Å². The third-order valence-electron chi connectivity index (χ3n) is 3.87. The fourth-order valence-electron chi connectivity index (χ4n) is 2.78. The molecule has 3 heteroatoms. The highest BCUT2D eigenvalue weighted by Crippen LogP contribution is 2.30. The quantitative estimate of drug-likeness (QED) is 0.795. The summed E-state index contributed by atoms with van der Waals surface area (Å²) < 4.78 is 0. The maximum absolute atomic E-state index is 5.93. The molecule has 0 N–H and O–H groups in total. The smallest absolute Gasteiger partial charge is 0.0788 e. The third kappa shape index (κ3) is 2.44. The highest BCUT2D eigenvalue weighted by Gasteiger charge is 2.22. The molecule has 2 heterocycles. The van der Waals surface area contributed by atoms with Crippen LogP contribution in [0.1, 0.15) is 24.3 Å².